The molecule has 0 saturated carbocycles. The van der Waals surface area contributed by atoms with Gasteiger partial charge in [-0.2, -0.15) is 0 Å². The van der Waals surface area contributed by atoms with Gasteiger partial charge >= 0.3 is 0 Å². The zero-order valence-corrected chi connectivity index (χ0v) is 13.2. The van der Waals surface area contributed by atoms with Crippen LogP contribution in [0.15, 0.2) is 42.7 Å². The van der Waals surface area contributed by atoms with Gasteiger partial charge in [-0.15, -0.1) is 0 Å². The van der Waals surface area contributed by atoms with Crippen LogP contribution in [-0.2, 0) is 4.79 Å². The van der Waals surface area contributed by atoms with Crippen LogP contribution in [0, 0.1) is 5.92 Å². The van der Waals surface area contributed by atoms with Crippen molar-refractivity contribution in [3.63, 3.8) is 0 Å². The number of carbonyl (C=O) groups is 3. The molecule has 0 bridgehead atoms. The predicted octanol–water partition coefficient (Wildman–Crippen LogP) is 1.58. The molecule has 2 aromatic rings. The number of ketones is 1. The Morgan fingerprint density at radius 2 is 1.58 bits per heavy atom. The summed E-state index contributed by atoms with van der Waals surface area (Å²) in [5.74, 6) is -0.610. The fourth-order valence-electron chi connectivity index (χ4n) is 2.95. The average Bonchev–Trinajstić information content (AvgIpc) is 3.15. The number of rotatable bonds is 4. The van der Waals surface area contributed by atoms with Crippen molar-refractivity contribution in [2.24, 2.45) is 11.7 Å². The number of nitrogens with zero attached hydrogens (tertiary/aromatic N) is 1. The quantitative estimate of drug-likeness (QED) is 0.835. The highest BCUT2D eigenvalue weighted by Crippen LogP contribution is 2.19. The molecule has 24 heavy (non-hydrogen) atoms. The number of aromatic nitrogens is 1. The second-order valence-corrected chi connectivity index (χ2v) is 5.97. The van der Waals surface area contributed by atoms with Gasteiger partial charge in [-0.05, 0) is 31.0 Å². The normalized spacial score (nSPS) is 15.2. The summed E-state index contributed by atoms with van der Waals surface area (Å²) in [6.45, 7) is 1.05. The van der Waals surface area contributed by atoms with Crippen LogP contribution in [0.25, 0.3) is 0 Å². The second-order valence-electron chi connectivity index (χ2n) is 5.97. The van der Waals surface area contributed by atoms with E-state index in [1.54, 1.807) is 47.6 Å². The zero-order chi connectivity index (χ0) is 17.1. The lowest BCUT2D eigenvalue weighted by Gasteiger charge is -2.30. The Balaban J connectivity index is 1.66. The maximum atomic E-state index is 12.5. The molecule has 0 spiro atoms. The minimum absolute atomic E-state index is 0.0847. The van der Waals surface area contributed by atoms with Crippen LogP contribution in [-0.4, -0.2) is 40.6 Å². The molecule has 1 aliphatic rings. The van der Waals surface area contributed by atoms with Gasteiger partial charge in [-0.3, -0.25) is 14.4 Å². The maximum absolute atomic E-state index is 12.5. The molecule has 3 rings (SSSR count). The van der Waals surface area contributed by atoms with Crippen molar-refractivity contribution in [3.05, 3.63) is 59.4 Å². The number of piperidine rings is 1. The first-order valence-corrected chi connectivity index (χ1v) is 7.92. The number of aromatic amines is 1. The van der Waals surface area contributed by atoms with Crippen LogP contribution < -0.4 is 5.73 Å². The summed E-state index contributed by atoms with van der Waals surface area (Å²) in [6.07, 6.45) is 4.54. The standard InChI is InChI=1S/C18H19N3O3/c19-17(23)13-6-9-21(10-7-13)18(24)14-3-1-12(2-4-14)16(22)15-5-8-20-11-15/h1-5,8,11,13,20H,6-7,9-10H2,(H2,19,23). The van der Waals surface area contributed by atoms with Gasteiger partial charge in [-0.25, -0.2) is 0 Å². The summed E-state index contributed by atoms with van der Waals surface area (Å²) in [5, 5.41) is 0. The number of amides is 2. The fraction of sp³-hybridized carbons (Fsp3) is 0.278. The molecule has 3 N–H and O–H groups in total. The highest BCUT2D eigenvalue weighted by Gasteiger charge is 2.26. The van der Waals surface area contributed by atoms with Gasteiger partial charge in [0, 0.05) is 48.1 Å². The van der Waals surface area contributed by atoms with Crippen molar-refractivity contribution < 1.29 is 14.4 Å². The maximum Gasteiger partial charge on any atom is 0.253 e. The SMILES string of the molecule is NC(=O)C1CCN(C(=O)c2ccc(C(=O)c3cc[nH]c3)cc2)CC1. The zero-order valence-electron chi connectivity index (χ0n) is 13.2. The monoisotopic (exact) mass is 325 g/mol. The Morgan fingerprint density at radius 3 is 2.12 bits per heavy atom. The molecule has 0 radical (unpaired) electrons. The largest absolute Gasteiger partial charge is 0.369 e. The number of likely N-dealkylation sites (tertiary alicyclic amines) is 1. The van der Waals surface area contributed by atoms with E-state index in [0.717, 1.165) is 0 Å². The third-order valence-electron chi connectivity index (χ3n) is 4.44. The predicted molar refractivity (Wildman–Crippen MR) is 88.5 cm³/mol. The molecule has 1 fully saturated rings. The van der Waals surface area contributed by atoms with Gasteiger partial charge in [-0.1, -0.05) is 12.1 Å². The Bertz CT molecular complexity index is 742. The van der Waals surface area contributed by atoms with Gasteiger partial charge < -0.3 is 15.6 Å². The first-order chi connectivity index (χ1) is 11.6. The molecular formula is C18H19N3O3. The van der Waals surface area contributed by atoms with E-state index >= 15 is 0 Å². The van der Waals surface area contributed by atoms with Crippen LogP contribution in [0.2, 0.25) is 0 Å². The molecule has 1 aromatic heterocycles. The Kier molecular flexibility index (Phi) is 4.46. The molecule has 124 valence electrons. The van der Waals surface area contributed by atoms with Crippen LogP contribution in [0.3, 0.4) is 0 Å². The minimum Gasteiger partial charge on any atom is -0.369 e. The molecule has 0 atom stereocenters. The second kappa shape index (κ2) is 6.70. The summed E-state index contributed by atoms with van der Waals surface area (Å²) in [5.41, 5.74) is 6.97. The van der Waals surface area contributed by atoms with Crippen LogP contribution in [0.5, 0.6) is 0 Å². The number of primary amides is 1. The number of hydrogen-bond donors (Lipinski definition) is 2. The summed E-state index contributed by atoms with van der Waals surface area (Å²) < 4.78 is 0. The fourth-order valence-corrected chi connectivity index (χ4v) is 2.95. The number of nitrogens with one attached hydrogen (secondary N) is 1. The van der Waals surface area contributed by atoms with Gasteiger partial charge in [0.15, 0.2) is 5.78 Å². The molecule has 2 heterocycles. The lowest BCUT2D eigenvalue weighted by Crippen LogP contribution is -2.41. The first kappa shape index (κ1) is 16.0. The van der Waals surface area contributed by atoms with E-state index in [2.05, 4.69) is 4.98 Å². The number of hydrogen-bond acceptors (Lipinski definition) is 3. The molecule has 0 aliphatic carbocycles. The Labute approximate surface area is 139 Å². The Morgan fingerprint density at radius 1 is 0.958 bits per heavy atom. The molecule has 1 aromatic carbocycles. The summed E-state index contributed by atoms with van der Waals surface area (Å²) in [7, 11) is 0. The van der Waals surface area contributed by atoms with E-state index in [1.807, 2.05) is 0 Å². The molecule has 6 nitrogen and oxygen atoms in total. The molecule has 6 heteroatoms. The van der Waals surface area contributed by atoms with E-state index < -0.39 is 0 Å². The van der Waals surface area contributed by atoms with Crippen molar-refractivity contribution in [2.75, 3.05) is 13.1 Å². The first-order valence-electron chi connectivity index (χ1n) is 7.92. The minimum atomic E-state index is -0.297. The van der Waals surface area contributed by atoms with E-state index in [9.17, 15) is 14.4 Å². The lowest BCUT2D eigenvalue weighted by molar-refractivity contribution is -0.123. The highest BCUT2D eigenvalue weighted by atomic mass is 16.2. The Hall–Kier alpha value is -2.89. The third-order valence-corrected chi connectivity index (χ3v) is 4.44. The smallest absolute Gasteiger partial charge is 0.253 e. The van der Waals surface area contributed by atoms with Crippen LogP contribution >= 0.6 is 0 Å². The van der Waals surface area contributed by atoms with E-state index in [0.29, 0.717) is 42.6 Å². The van der Waals surface area contributed by atoms with Crippen molar-refractivity contribution in [3.8, 4) is 0 Å². The van der Waals surface area contributed by atoms with Crippen molar-refractivity contribution >= 4 is 17.6 Å². The summed E-state index contributed by atoms with van der Waals surface area (Å²) >= 11 is 0. The van der Waals surface area contributed by atoms with Gasteiger partial charge in [0.1, 0.15) is 0 Å². The molecule has 0 unspecified atom stereocenters. The lowest BCUT2D eigenvalue weighted by atomic mass is 9.95. The molecule has 2 amide bonds. The summed E-state index contributed by atoms with van der Waals surface area (Å²) in [6, 6.07) is 8.38. The van der Waals surface area contributed by atoms with Crippen molar-refractivity contribution in [2.45, 2.75) is 12.8 Å². The molecule has 1 aliphatic heterocycles. The highest BCUT2D eigenvalue weighted by molar-refractivity contribution is 6.09. The van der Waals surface area contributed by atoms with Crippen LogP contribution in [0.1, 0.15) is 39.1 Å². The number of carbonyl (C=O) groups excluding carboxylic acids is 3. The van der Waals surface area contributed by atoms with E-state index in [1.165, 1.54) is 0 Å². The summed E-state index contributed by atoms with van der Waals surface area (Å²) in [4.78, 5) is 40.5. The van der Waals surface area contributed by atoms with Crippen molar-refractivity contribution in [1.29, 1.82) is 0 Å². The van der Waals surface area contributed by atoms with Gasteiger partial charge in [0.25, 0.3) is 5.91 Å². The van der Waals surface area contributed by atoms with Gasteiger partial charge in [0.2, 0.25) is 5.91 Å². The third kappa shape index (κ3) is 3.22. The number of nitrogens with two attached hydrogens (primary N) is 1. The average molecular weight is 325 g/mol. The van der Waals surface area contributed by atoms with Crippen molar-refractivity contribution in [1.82, 2.24) is 9.88 Å². The van der Waals surface area contributed by atoms with E-state index in [4.69, 9.17) is 5.73 Å². The van der Waals surface area contributed by atoms with E-state index in [-0.39, 0.29) is 23.5 Å². The molecule has 1 saturated heterocycles. The number of benzene rings is 1. The van der Waals surface area contributed by atoms with Crippen LogP contribution in [0.4, 0.5) is 0 Å². The molecular weight excluding hydrogens is 306 g/mol. The van der Waals surface area contributed by atoms with Gasteiger partial charge in [0.05, 0.1) is 0 Å². The number of H-pyrrole nitrogens is 1. The topological polar surface area (TPSA) is 96.3 Å².